The molecule has 1 aromatic carbocycles. The van der Waals surface area contributed by atoms with Crippen LogP contribution < -0.4 is 5.73 Å². The minimum absolute atomic E-state index is 0.0638. The lowest BCUT2D eigenvalue weighted by Gasteiger charge is -2.24. The average molecular weight is 378 g/mol. The van der Waals surface area contributed by atoms with E-state index in [2.05, 4.69) is 10.2 Å². The smallest absolute Gasteiger partial charge is 0.297 e. The fourth-order valence-corrected chi connectivity index (χ4v) is 3.26. The monoisotopic (exact) mass is 377 g/mol. The van der Waals surface area contributed by atoms with Crippen molar-refractivity contribution in [3.05, 3.63) is 43.9 Å². The highest BCUT2D eigenvalue weighted by Crippen LogP contribution is 2.48. The van der Waals surface area contributed by atoms with E-state index in [0.717, 1.165) is 0 Å². The van der Waals surface area contributed by atoms with Gasteiger partial charge in [-0.2, -0.15) is 28.8 Å². The molecule has 118 valence electrons. The molecule has 5 nitrogen and oxygen atoms in total. The van der Waals surface area contributed by atoms with Crippen molar-refractivity contribution in [3.8, 4) is 11.5 Å². The first-order chi connectivity index (χ1) is 10.6. The normalized spacial score (nSPS) is 20.5. The zero-order valence-corrected chi connectivity index (χ0v) is 13.1. The third-order valence-electron chi connectivity index (χ3n) is 2.87. The molecule has 2 rings (SSSR count). The number of azo groups is 1. The van der Waals surface area contributed by atoms with Gasteiger partial charge in [0.25, 0.3) is 0 Å². The number of nitrogens with zero attached hydrogens (tertiary/aromatic N) is 4. The predicted octanol–water partition coefficient (Wildman–Crippen LogP) is 4.54. The van der Waals surface area contributed by atoms with E-state index in [0.29, 0.717) is 23.9 Å². The maximum atomic E-state index is 12.8. The number of hydrogen-bond acceptors (Lipinski definition) is 6. The van der Waals surface area contributed by atoms with Crippen LogP contribution in [0.5, 0.6) is 0 Å². The number of halogens is 5. The van der Waals surface area contributed by atoms with Crippen LogP contribution >= 0.6 is 35.0 Å². The summed E-state index contributed by atoms with van der Waals surface area (Å²) in [6.07, 6.45) is -4.65. The van der Waals surface area contributed by atoms with Crippen molar-refractivity contribution in [1.82, 2.24) is 0 Å². The topological polar surface area (TPSA) is 98.3 Å². The molecular formula is C12H4Cl2F3N5S. The Bertz CT molecular complexity index is 798. The van der Waals surface area contributed by atoms with Crippen LogP contribution in [0.1, 0.15) is 11.1 Å². The van der Waals surface area contributed by atoms with Gasteiger partial charge in [0.1, 0.15) is 11.5 Å². The van der Waals surface area contributed by atoms with E-state index in [1.54, 1.807) is 11.5 Å². The zero-order chi connectivity index (χ0) is 17.4. The van der Waals surface area contributed by atoms with Gasteiger partial charge in [-0.1, -0.05) is 23.2 Å². The summed E-state index contributed by atoms with van der Waals surface area (Å²) in [5, 5.41) is 25.9. The second-order valence-corrected chi connectivity index (χ2v) is 5.87. The van der Waals surface area contributed by atoms with E-state index in [9.17, 15) is 13.2 Å². The van der Waals surface area contributed by atoms with Gasteiger partial charge >= 0.3 is 6.18 Å². The maximum Gasteiger partial charge on any atom is 0.416 e. The van der Waals surface area contributed by atoms with E-state index in [-0.39, 0.29) is 16.2 Å². The van der Waals surface area contributed by atoms with Crippen molar-refractivity contribution in [2.45, 2.75) is 11.8 Å². The first-order valence-electron chi connectivity index (χ1n) is 5.64. The highest BCUT2D eigenvalue weighted by atomic mass is 35.5. The minimum Gasteiger partial charge on any atom is -0.297 e. The number of rotatable bonds is 2. The highest BCUT2D eigenvalue weighted by molar-refractivity contribution is 8.07. The van der Waals surface area contributed by atoms with Gasteiger partial charge in [-0.3, -0.25) is 5.73 Å². The van der Waals surface area contributed by atoms with Crippen LogP contribution in [0, 0.1) is 22.0 Å². The molecule has 0 fully saturated rings. The summed E-state index contributed by atoms with van der Waals surface area (Å²) in [6.45, 7) is 0. The summed E-state index contributed by atoms with van der Waals surface area (Å²) in [7, 11) is 0. The molecule has 1 heterocycles. The second kappa shape index (κ2) is 6.02. The lowest BCUT2D eigenvalue weighted by molar-refractivity contribution is -0.137. The van der Waals surface area contributed by atoms with Crippen LogP contribution in [0.4, 0.5) is 13.2 Å². The molecular weight excluding hydrogens is 374 g/mol. The molecule has 0 saturated heterocycles. The third-order valence-corrected chi connectivity index (χ3v) is 4.27. The van der Waals surface area contributed by atoms with Gasteiger partial charge in [-0.15, -0.1) is 5.11 Å². The van der Waals surface area contributed by atoms with Gasteiger partial charge in [-0.05, 0) is 23.9 Å². The molecule has 0 aliphatic carbocycles. The summed E-state index contributed by atoms with van der Waals surface area (Å²) < 4.78 is 38.3. The Hall–Kier alpha value is -1.78. The number of benzene rings is 1. The molecule has 23 heavy (non-hydrogen) atoms. The Morgan fingerprint density at radius 1 is 1.22 bits per heavy atom. The Kier molecular flexibility index (Phi) is 4.60. The van der Waals surface area contributed by atoms with Gasteiger partial charge in [0, 0.05) is 5.56 Å². The summed E-state index contributed by atoms with van der Waals surface area (Å²) in [6, 6.07) is 2.99. The van der Waals surface area contributed by atoms with E-state index >= 15 is 0 Å². The van der Waals surface area contributed by atoms with Crippen LogP contribution in [0.25, 0.3) is 0 Å². The number of nitrogens with two attached hydrogens (primary N) is 1. The average Bonchev–Trinajstić information content (AvgIpc) is 2.75. The van der Waals surface area contributed by atoms with E-state index < -0.39 is 27.4 Å². The fourth-order valence-electron chi connectivity index (χ4n) is 1.91. The van der Waals surface area contributed by atoms with Crippen LogP contribution in [-0.2, 0) is 11.8 Å². The summed E-state index contributed by atoms with van der Waals surface area (Å²) in [5.41, 5.74) is 2.69. The molecule has 0 radical (unpaired) electrons. The fraction of sp³-hybridized carbons (Fsp3) is 0.167. The van der Waals surface area contributed by atoms with Crippen LogP contribution in [0.2, 0.25) is 10.0 Å². The van der Waals surface area contributed by atoms with E-state index in [1.807, 2.05) is 0 Å². The van der Waals surface area contributed by atoms with Crippen molar-refractivity contribution < 1.29 is 13.2 Å². The minimum atomic E-state index is -4.65. The molecule has 1 unspecified atom stereocenters. The van der Waals surface area contributed by atoms with Crippen molar-refractivity contribution in [3.63, 3.8) is 0 Å². The lowest BCUT2D eigenvalue weighted by Crippen LogP contribution is -2.35. The van der Waals surface area contributed by atoms with Crippen LogP contribution in [-0.4, -0.2) is 0 Å². The van der Waals surface area contributed by atoms with E-state index in [4.69, 9.17) is 39.5 Å². The molecule has 1 aliphatic rings. The number of nitriles is 2. The first kappa shape index (κ1) is 17.6. The number of allylic oxidation sites excluding steroid dienone is 1. The molecule has 0 bridgehead atoms. The second-order valence-electron chi connectivity index (χ2n) is 4.26. The lowest BCUT2D eigenvalue weighted by atomic mass is 9.98. The highest BCUT2D eigenvalue weighted by Gasteiger charge is 2.44. The Balaban J connectivity index is 2.68. The first-order valence-corrected chi connectivity index (χ1v) is 7.21. The van der Waals surface area contributed by atoms with Crippen molar-refractivity contribution in [2.24, 2.45) is 16.0 Å². The largest absolute Gasteiger partial charge is 0.416 e. The third kappa shape index (κ3) is 3.01. The van der Waals surface area contributed by atoms with Crippen LogP contribution in [0.3, 0.4) is 0 Å². The molecule has 1 aliphatic heterocycles. The summed E-state index contributed by atoms with van der Waals surface area (Å²) in [5.74, 6) is 0. The quantitative estimate of drug-likeness (QED) is 0.764. The zero-order valence-electron chi connectivity index (χ0n) is 10.8. The van der Waals surface area contributed by atoms with Gasteiger partial charge in [0.05, 0.1) is 20.5 Å². The molecule has 1 aromatic rings. The summed E-state index contributed by atoms with van der Waals surface area (Å²) in [4.78, 5) is -0.0638. The van der Waals surface area contributed by atoms with Gasteiger partial charge in [-0.25, -0.2) is 0 Å². The molecule has 0 spiro atoms. The molecule has 11 heteroatoms. The standard InChI is InChI=1S/C12H4Cl2F3N5S/c13-6-1-5(12(15,16)17)2-7(14)9(6)11(20)10(23-4-19)8(3-18)21-22-11/h1-2H,20H2. The SMILES string of the molecule is N#CSC1=C(C#N)N=NC1(N)c1c(Cl)cc(C(F)(F)F)cc1Cl. The van der Waals surface area contributed by atoms with E-state index in [1.165, 1.54) is 0 Å². The molecule has 0 saturated carbocycles. The molecule has 0 aromatic heterocycles. The van der Waals surface area contributed by atoms with Gasteiger partial charge in [0.2, 0.25) is 0 Å². The van der Waals surface area contributed by atoms with Crippen LogP contribution in [0.15, 0.2) is 33.0 Å². The Morgan fingerprint density at radius 3 is 2.22 bits per heavy atom. The Labute approximate surface area is 142 Å². The van der Waals surface area contributed by atoms with Gasteiger partial charge < -0.3 is 0 Å². The Morgan fingerprint density at radius 2 is 1.78 bits per heavy atom. The molecule has 0 amide bonds. The number of hydrogen-bond donors (Lipinski definition) is 1. The summed E-state index contributed by atoms with van der Waals surface area (Å²) >= 11 is 12.3. The maximum absolute atomic E-state index is 12.8. The van der Waals surface area contributed by atoms with Gasteiger partial charge in [0.15, 0.2) is 11.4 Å². The van der Waals surface area contributed by atoms with Crippen molar-refractivity contribution in [2.75, 3.05) is 0 Å². The molecule has 1 atom stereocenters. The number of thioether (sulfide) groups is 1. The number of thiocyanates is 1. The van der Waals surface area contributed by atoms with Crippen molar-refractivity contribution >= 4 is 35.0 Å². The molecule has 2 N–H and O–H groups in total. The predicted molar refractivity (Wildman–Crippen MR) is 78.0 cm³/mol. The number of alkyl halides is 3. The van der Waals surface area contributed by atoms with Crippen molar-refractivity contribution in [1.29, 1.82) is 10.5 Å².